The van der Waals surface area contributed by atoms with E-state index in [1.807, 2.05) is 0 Å². The first-order valence-electron chi connectivity index (χ1n) is 8.42. The number of aromatic nitrogens is 2. The molecule has 0 bridgehead atoms. The summed E-state index contributed by atoms with van der Waals surface area (Å²) in [7, 11) is 4.64. The van der Waals surface area contributed by atoms with E-state index in [0.29, 0.717) is 39.9 Å². The van der Waals surface area contributed by atoms with E-state index in [2.05, 4.69) is 10.1 Å². The van der Waals surface area contributed by atoms with E-state index in [1.165, 1.54) is 14.0 Å². The number of nitrogens with zero attached hydrogens (tertiary/aromatic N) is 2. The van der Waals surface area contributed by atoms with Crippen LogP contribution in [0.15, 0.2) is 40.9 Å². The van der Waals surface area contributed by atoms with Crippen molar-refractivity contribution >= 4 is 5.78 Å². The molecule has 0 unspecified atom stereocenters. The Balaban J connectivity index is 1.76. The van der Waals surface area contributed by atoms with Crippen molar-refractivity contribution in [2.75, 3.05) is 21.3 Å². The summed E-state index contributed by atoms with van der Waals surface area (Å²) < 4.78 is 26.8. The summed E-state index contributed by atoms with van der Waals surface area (Å²) in [5.41, 5.74) is 1.21. The lowest BCUT2D eigenvalue weighted by molar-refractivity contribution is 0.101. The number of carbonyl (C=O) groups is 1. The molecular formula is C20H20N2O6. The van der Waals surface area contributed by atoms with Crippen LogP contribution in [0.25, 0.3) is 11.4 Å². The molecule has 8 nitrogen and oxygen atoms in total. The predicted molar refractivity (Wildman–Crippen MR) is 100 cm³/mol. The second-order valence-electron chi connectivity index (χ2n) is 5.79. The molecule has 0 amide bonds. The van der Waals surface area contributed by atoms with Crippen LogP contribution in [0.3, 0.4) is 0 Å². The highest BCUT2D eigenvalue weighted by molar-refractivity contribution is 5.94. The minimum absolute atomic E-state index is 0.0429. The lowest BCUT2D eigenvalue weighted by Gasteiger charge is -2.10. The van der Waals surface area contributed by atoms with Crippen molar-refractivity contribution in [1.82, 2.24) is 10.1 Å². The van der Waals surface area contributed by atoms with Crippen molar-refractivity contribution in [3.05, 3.63) is 47.9 Å². The van der Waals surface area contributed by atoms with Gasteiger partial charge in [-0.3, -0.25) is 4.79 Å². The second-order valence-corrected chi connectivity index (χ2v) is 5.79. The van der Waals surface area contributed by atoms with Crippen molar-refractivity contribution in [2.45, 2.75) is 13.5 Å². The summed E-state index contributed by atoms with van der Waals surface area (Å²) in [6, 6.07) is 10.3. The maximum absolute atomic E-state index is 11.5. The molecule has 0 saturated heterocycles. The lowest BCUT2D eigenvalue weighted by Crippen LogP contribution is -2.00. The van der Waals surface area contributed by atoms with Crippen LogP contribution in [0.2, 0.25) is 0 Å². The van der Waals surface area contributed by atoms with Gasteiger partial charge in [0.25, 0.3) is 5.89 Å². The van der Waals surface area contributed by atoms with Gasteiger partial charge >= 0.3 is 0 Å². The number of carbonyl (C=O) groups excluding carboxylic acids is 1. The third kappa shape index (κ3) is 4.06. The molecule has 0 saturated carbocycles. The van der Waals surface area contributed by atoms with Crippen LogP contribution >= 0.6 is 0 Å². The molecule has 0 aliphatic heterocycles. The molecule has 8 heteroatoms. The normalized spacial score (nSPS) is 10.4. The molecule has 0 spiro atoms. The van der Waals surface area contributed by atoms with Gasteiger partial charge in [0.05, 0.1) is 26.9 Å². The van der Waals surface area contributed by atoms with Crippen molar-refractivity contribution in [3.63, 3.8) is 0 Å². The fourth-order valence-electron chi connectivity index (χ4n) is 2.55. The molecule has 0 aliphatic rings. The summed E-state index contributed by atoms with van der Waals surface area (Å²) in [5, 5.41) is 3.98. The standard InChI is InChI=1S/C20H20N2O6/c1-12(23)13-5-8-16(18(9-13)26-4)27-11-19-21-20(22-28-19)15-7-6-14(24-2)10-17(15)25-3/h5-10H,11H2,1-4H3. The molecule has 0 fully saturated rings. The van der Waals surface area contributed by atoms with E-state index in [1.54, 1.807) is 50.6 Å². The predicted octanol–water partition coefficient (Wildman–Crippen LogP) is 3.54. The smallest absolute Gasteiger partial charge is 0.264 e. The van der Waals surface area contributed by atoms with E-state index >= 15 is 0 Å². The number of methoxy groups -OCH3 is 3. The van der Waals surface area contributed by atoms with Crippen molar-refractivity contribution in [2.24, 2.45) is 0 Å². The topological polar surface area (TPSA) is 92.9 Å². The van der Waals surface area contributed by atoms with E-state index in [-0.39, 0.29) is 18.3 Å². The van der Waals surface area contributed by atoms with Gasteiger partial charge in [0, 0.05) is 11.6 Å². The van der Waals surface area contributed by atoms with Gasteiger partial charge in [0.1, 0.15) is 11.5 Å². The van der Waals surface area contributed by atoms with Crippen molar-refractivity contribution < 1.29 is 28.3 Å². The Kier molecular flexibility index (Phi) is 5.78. The van der Waals surface area contributed by atoms with Crippen LogP contribution < -0.4 is 18.9 Å². The van der Waals surface area contributed by atoms with Gasteiger partial charge in [-0.05, 0) is 37.3 Å². The van der Waals surface area contributed by atoms with Crippen LogP contribution in [0, 0.1) is 0 Å². The van der Waals surface area contributed by atoms with Crippen LogP contribution in [0.1, 0.15) is 23.2 Å². The Morgan fingerprint density at radius 2 is 1.75 bits per heavy atom. The fourth-order valence-corrected chi connectivity index (χ4v) is 2.55. The number of ketones is 1. The first-order valence-corrected chi connectivity index (χ1v) is 8.42. The van der Waals surface area contributed by atoms with E-state index in [0.717, 1.165) is 0 Å². The van der Waals surface area contributed by atoms with E-state index < -0.39 is 0 Å². The first-order chi connectivity index (χ1) is 13.5. The van der Waals surface area contributed by atoms with Crippen molar-refractivity contribution in [3.8, 4) is 34.4 Å². The van der Waals surface area contributed by atoms with Gasteiger partial charge in [-0.2, -0.15) is 4.98 Å². The zero-order valence-electron chi connectivity index (χ0n) is 16.0. The molecule has 0 N–H and O–H groups in total. The summed E-state index contributed by atoms with van der Waals surface area (Å²) >= 11 is 0. The van der Waals surface area contributed by atoms with E-state index in [4.69, 9.17) is 23.5 Å². The Hall–Kier alpha value is -3.55. The van der Waals surface area contributed by atoms with Gasteiger partial charge < -0.3 is 23.5 Å². The zero-order valence-corrected chi connectivity index (χ0v) is 16.0. The van der Waals surface area contributed by atoms with Gasteiger partial charge in [-0.25, -0.2) is 0 Å². The van der Waals surface area contributed by atoms with Crippen molar-refractivity contribution in [1.29, 1.82) is 0 Å². The third-order valence-corrected chi connectivity index (χ3v) is 4.04. The number of rotatable bonds is 8. The number of Topliss-reactive ketones (excluding diaryl/α,β-unsaturated/α-hetero) is 1. The molecule has 1 aromatic heterocycles. The van der Waals surface area contributed by atoms with Gasteiger partial charge in [0.2, 0.25) is 5.82 Å². The summed E-state index contributed by atoms with van der Waals surface area (Å²) in [6.45, 7) is 1.53. The minimum Gasteiger partial charge on any atom is -0.497 e. The second kappa shape index (κ2) is 8.43. The number of hydrogen-bond donors (Lipinski definition) is 0. The monoisotopic (exact) mass is 384 g/mol. The Bertz CT molecular complexity index is 983. The Morgan fingerprint density at radius 1 is 0.964 bits per heavy atom. The molecule has 1 heterocycles. The average molecular weight is 384 g/mol. The molecule has 2 aromatic carbocycles. The summed E-state index contributed by atoms with van der Waals surface area (Å²) in [4.78, 5) is 15.8. The third-order valence-electron chi connectivity index (χ3n) is 4.04. The number of benzene rings is 2. The van der Waals surface area contributed by atoms with Crippen LogP contribution in [-0.2, 0) is 6.61 Å². The number of hydrogen-bond acceptors (Lipinski definition) is 8. The molecular weight excluding hydrogens is 364 g/mol. The molecule has 0 atom stereocenters. The maximum Gasteiger partial charge on any atom is 0.264 e. The van der Waals surface area contributed by atoms with Crippen LogP contribution in [-0.4, -0.2) is 37.3 Å². The quantitative estimate of drug-likeness (QED) is 0.545. The highest BCUT2D eigenvalue weighted by atomic mass is 16.5. The van der Waals surface area contributed by atoms with Crippen LogP contribution in [0.4, 0.5) is 0 Å². The summed E-state index contributed by atoms with van der Waals surface area (Å²) in [5.74, 6) is 2.74. The van der Waals surface area contributed by atoms with Gasteiger partial charge in [0.15, 0.2) is 23.9 Å². The first kappa shape index (κ1) is 19.2. The highest BCUT2D eigenvalue weighted by Crippen LogP contribution is 2.32. The minimum atomic E-state index is -0.0557. The summed E-state index contributed by atoms with van der Waals surface area (Å²) in [6.07, 6.45) is 0. The Labute approximate surface area is 162 Å². The maximum atomic E-state index is 11.5. The largest absolute Gasteiger partial charge is 0.497 e. The molecule has 146 valence electrons. The zero-order chi connectivity index (χ0) is 20.1. The molecule has 3 aromatic rings. The molecule has 0 radical (unpaired) electrons. The Morgan fingerprint density at radius 3 is 2.43 bits per heavy atom. The number of ether oxygens (including phenoxy) is 4. The molecule has 0 aliphatic carbocycles. The van der Waals surface area contributed by atoms with Gasteiger partial charge in [-0.1, -0.05) is 5.16 Å². The highest BCUT2D eigenvalue weighted by Gasteiger charge is 2.16. The molecule has 3 rings (SSSR count). The molecule has 28 heavy (non-hydrogen) atoms. The fraction of sp³-hybridized carbons (Fsp3) is 0.250. The van der Waals surface area contributed by atoms with Gasteiger partial charge in [-0.15, -0.1) is 0 Å². The van der Waals surface area contributed by atoms with Crippen LogP contribution in [0.5, 0.6) is 23.0 Å². The SMILES string of the molecule is COc1ccc(-c2noc(COc3ccc(C(C)=O)cc3OC)n2)c(OC)c1. The lowest BCUT2D eigenvalue weighted by atomic mass is 10.1. The van der Waals surface area contributed by atoms with E-state index in [9.17, 15) is 4.79 Å². The average Bonchev–Trinajstić information content (AvgIpc) is 3.20.